The maximum Gasteiger partial charge on any atom is 0.305 e. The van der Waals surface area contributed by atoms with Crippen LogP contribution in [0.15, 0.2) is 0 Å². The number of carbonyl (C=O) groups excluding carboxylic acids is 1. The molecular weight excluding hydrogens is 268 g/mol. The maximum absolute atomic E-state index is 11.0. The smallest absolute Gasteiger partial charge is 0.305 e. The first-order chi connectivity index (χ1) is 8.69. The fourth-order valence-electron chi connectivity index (χ4n) is 1.97. The molecule has 1 aliphatic rings. The highest BCUT2D eigenvalue weighted by atomic mass is 32.2. The molecule has 0 spiro atoms. The normalized spacial score (nSPS) is 18.7. The number of thioether (sulfide) groups is 1. The van der Waals surface area contributed by atoms with E-state index in [4.69, 9.17) is 12.2 Å². The molecule has 104 valence electrons. The van der Waals surface area contributed by atoms with E-state index in [9.17, 15) is 4.79 Å². The van der Waals surface area contributed by atoms with Gasteiger partial charge in [-0.2, -0.15) is 0 Å². The number of ether oxygens (including phenoxy) is 1. The van der Waals surface area contributed by atoms with Gasteiger partial charge in [0.05, 0.1) is 13.3 Å². The van der Waals surface area contributed by atoms with Gasteiger partial charge in [0, 0.05) is 18.7 Å². The molecule has 1 unspecified atom stereocenters. The highest BCUT2D eigenvalue weighted by Gasteiger charge is 2.22. The minimum absolute atomic E-state index is 0.147. The van der Waals surface area contributed by atoms with Crippen LogP contribution >= 0.6 is 24.0 Å². The lowest BCUT2D eigenvalue weighted by atomic mass is 10.3. The molecular formula is C12H22N2O2S2. The van der Waals surface area contributed by atoms with Gasteiger partial charge in [0.25, 0.3) is 0 Å². The summed E-state index contributed by atoms with van der Waals surface area (Å²) in [5, 5.41) is 3.46. The van der Waals surface area contributed by atoms with Gasteiger partial charge in [-0.05, 0) is 32.7 Å². The summed E-state index contributed by atoms with van der Waals surface area (Å²) in [5.74, 6) is 0.725. The van der Waals surface area contributed by atoms with Crippen molar-refractivity contribution in [3.8, 4) is 0 Å². The van der Waals surface area contributed by atoms with Crippen molar-refractivity contribution >= 4 is 34.3 Å². The Labute approximate surface area is 119 Å². The summed E-state index contributed by atoms with van der Waals surface area (Å²) in [7, 11) is 1.42. The number of hydrogen-bond acceptors (Lipinski definition) is 5. The van der Waals surface area contributed by atoms with Gasteiger partial charge >= 0.3 is 5.97 Å². The molecule has 18 heavy (non-hydrogen) atoms. The fourth-order valence-corrected chi connectivity index (χ4v) is 3.36. The molecule has 0 aromatic heterocycles. The van der Waals surface area contributed by atoms with Crippen LogP contribution in [0.4, 0.5) is 0 Å². The minimum Gasteiger partial charge on any atom is -0.469 e. The molecule has 6 heteroatoms. The summed E-state index contributed by atoms with van der Waals surface area (Å²) < 4.78 is 5.54. The van der Waals surface area contributed by atoms with E-state index in [0.717, 1.165) is 36.0 Å². The van der Waals surface area contributed by atoms with E-state index in [1.54, 1.807) is 11.8 Å². The predicted molar refractivity (Wildman–Crippen MR) is 79.7 cm³/mol. The van der Waals surface area contributed by atoms with Crippen molar-refractivity contribution in [3.05, 3.63) is 0 Å². The summed E-state index contributed by atoms with van der Waals surface area (Å²) in [6, 6.07) is 0. The van der Waals surface area contributed by atoms with Gasteiger partial charge in [-0.3, -0.25) is 10.1 Å². The Morgan fingerprint density at radius 3 is 2.94 bits per heavy atom. The van der Waals surface area contributed by atoms with Crippen molar-refractivity contribution < 1.29 is 9.53 Å². The zero-order valence-corrected chi connectivity index (χ0v) is 12.7. The van der Waals surface area contributed by atoms with Crippen molar-refractivity contribution in [2.75, 3.05) is 26.0 Å². The second-order valence-electron chi connectivity index (χ2n) is 4.19. The van der Waals surface area contributed by atoms with E-state index in [0.29, 0.717) is 12.6 Å². The van der Waals surface area contributed by atoms with E-state index < -0.39 is 0 Å². The molecule has 0 amide bonds. The third-order valence-corrected chi connectivity index (χ3v) is 4.53. The van der Waals surface area contributed by atoms with Crippen molar-refractivity contribution in [2.24, 2.45) is 0 Å². The number of carbonyl (C=O) groups is 1. The first-order valence-corrected chi connectivity index (χ1v) is 7.82. The predicted octanol–water partition coefficient (Wildman–Crippen LogP) is 1.99. The highest BCUT2D eigenvalue weighted by molar-refractivity contribution is 8.22. The quantitative estimate of drug-likeness (QED) is 0.458. The average Bonchev–Trinajstić information content (AvgIpc) is 2.89. The van der Waals surface area contributed by atoms with Gasteiger partial charge in [-0.25, -0.2) is 0 Å². The molecule has 1 aliphatic heterocycles. The van der Waals surface area contributed by atoms with E-state index in [-0.39, 0.29) is 5.97 Å². The van der Waals surface area contributed by atoms with E-state index in [2.05, 4.69) is 21.9 Å². The lowest BCUT2D eigenvalue weighted by Crippen LogP contribution is -2.43. The molecule has 0 radical (unpaired) electrons. The van der Waals surface area contributed by atoms with Crippen LogP contribution in [0.3, 0.4) is 0 Å². The summed E-state index contributed by atoms with van der Waals surface area (Å²) >= 11 is 7.11. The summed E-state index contributed by atoms with van der Waals surface area (Å²) in [6.07, 6.45) is 4.07. The number of nitrogens with one attached hydrogen (secondary N) is 1. The summed E-state index contributed by atoms with van der Waals surface area (Å²) in [4.78, 5) is 13.2. The molecule has 1 heterocycles. The Bertz CT molecular complexity index is 281. The summed E-state index contributed by atoms with van der Waals surface area (Å²) in [5.41, 5.74) is 0. The third kappa shape index (κ3) is 5.12. The topological polar surface area (TPSA) is 41.6 Å². The van der Waals surface area contributed by atoms with Crippen LogP contribution in [-0.2, 0) is 9.53 Å². The molecule has 0 bridgehead atoms. The van der Waals surface area contributed by atoms with Gasteiger partial charge in [0.1, 0.15) is 4.32 Å². The minimum atomic E-state index is -0.147. The Kier molecular flexibility index (Phi) is 7.62. The van der Waals surface area contributed by atoms with E-state index in [1.165, 1.54) is 13.5 Å². The van der Waals surface area contributed by atoms with Gasteiger partial charge in [-0.1, -0.05) is 24.0 Å². The van der Waals surface area contributed by atoms with Crippen LogP contribution in [0.2, 0.25) is 0 Å². The van der Waals surface area contributed by atoms with Crippen molar-refractivity contribution in [1.82, 2.24) is 10.2 Å². The second-order valence-corrected chi connectivity index (χ2v) is 5.92. The Morgan fingerprint density at radius 1 is 1.61 bits per heavy atom. The van der Waals surface area contributed by atoms with Crippen LogP contribution in [-0.4, -0.2) is 47.3 Å². The monoisotopic (exact) mass is 290 g/mol. The molecule has 0 aromatic rings. The molecule has 4 nitrogen and oxygen atoms in total. The lowest BCUT2D eigenvalue weighted by Gasteiger charge is -2.29. The number of methoxy groups -OCH3 is 1. The van der Waals surface area contributed by atoms with Crippen LogP contribution in [0.5, 0.6) is 0 Å². The third-order valence-electron chi connectivity index (χ3n) is 2.96. The Balaban J connectivity index is 2.23. The van der Waals surface area contributed by atoms with Crippen molar-refractivity contribution in [1.29, 1.82) is 0 Å². The molecule has 1 saturated heterocycles. The largest absolute Gasteiger partial charge is 0.469 e. The number of esters is 1. The Morgan fingerprint density at radius 2 is 2.39 bits per heavy atom. The standard InChI is InChI=1S/C12H22N2O2S2/c1-3-14(10-6-4-8-13-10)12(17)18-9-5-7-11(15)16-2/h10,13H,3-9H2,1-2H3. The molecule has 1 fully saturated rings. The van der Waals surface area contributed by atoms with Crippen LogP contribution < -0.4 is 5.32 Å². The highest BCUT2D eigenvalue weighted by Crippen LogP contribution is 2.18. The molecule has 0 saturated carbocycles. The number of nitrogens with zero attached hydrogens (tertiary/aromatic N) is 1. The Hall–Kier alpha value is -0.330. The molecule has 1 rings (SSSR count). The maximum atomic E-state index is 11.0. The molecule has 0 aliphatic carbocycles. The average molecular weight is 290 g/mol. The number of hydrogen-bond donors (Lipinski definition) is 1. The van der Waals surface area contributed by atoms with Gasteiger partial charge in [0.15, 0.2) is 0 Å². The molecule has 0 aromatic carbocycles. The molecule has 1 N–H and O–H groups in total. The zero-order chi connectivity index (χ0) is 13.4. The number of thiocarbonyl (C=S) groups is 1. The van der Waals surface area contributed by atoms with Crippen LogP contribution in [0.25, 0.3) is 0 Å². The lowest BCUT2D eigenvalue weighted by molar-refractivity contribution is -0.140. The van der Waals surface area contributed by atoms with Crippen molar-refractivity contribution in [3.63, 3.8) is 0 Å². The zero-order valence-electron chi connectivity index (χ0n) is 11.1. The second kappa shape index (κ2) is 8.72. The SMILES string of the molecule is CCN(C(=S)SCCCC(=O)OC)C1CCCN1. The first kappa shape index (κ1) is 15.7. The van der Waals surface area contributed by atoms with Gasteiger partial charge in [0.2, 0.25) is 0 Å². The van der Waals surface area contributed by atoms with E-state index in [1.807, 2.05) is 0 Å². The summed E-state index contributed by atoms with van der Waals surface area (Å²) in [6.45, 7) is 4.14. The number of rotatable bonds is 6. The van der Waals surface area contributed by atoms with Gasteiger partial charge in [-0.15, -0.1) is 0 Å². The molecule has 1 atom stereocenters. The van der Waals surface area contributed by atoms with Crippen LogP contribution in [0.1, 0.15) is 32.6 Å². The van der Waals surface area contributed by atoms with Crippen molar-refractivity contribution in [2.45, 2.75) is 38.8 Å². The van der Waals surface area contributed by atoms with E-state index >= 15 is 0 Å². The van der Waals surface area contributed by atoms with Crippen LogP contribution in [0, 0.1) is 0 Å². The first-order valence-electron chi connectivity index (χ1n) is 6.42. The fraction of sp³-hybridized carbons (Fsp3) is 0.833. The van der Waals surface area contributed by atoms with Gasteiger partial charge < -0.3 is 9.64 Å².